The van der Waals surface area contributed by atoms with Crippen LogP contribution in [0.5, 0.6) is 5.88 Å². The first kappa shape index (κ1) is 11.8. The molecule has 4 nitrogen and oxygen atoms in total. The molecule has 0 bridgehead atoms. The predicted octanol–water partition coefficient (Wildman–Crippen LogP) is 2.43. The maximum absolute atomic E-state index is 5.56. The molecule has 0 aromatic carbocycles. The van der Waals surface area contributed by atoms with Crippen molar-refractivity contribution in [3.8, 4) is 5.88 Å². The summed E-state index contributed by atoms with van der Waals surface area (Å²) in [6.07, 6.45) is 0.129. The third kappa shape index (κ3) is 3.38. The number of nitrogens with zero attached hydrogens (tertiary/aromatic N) is 2. The fourth-order valence-corrected chi connectivity index (χ4v) is 1.13. The van der Waals surface area contributed by atoms with Gasteiger partial charge in [0, 0.05) is 19.0 Å². The van der Waals surface area contributed by atoms with Crippen molar-refractivity contribution in [1.82, 2.24) is 9.97 Å². The molecule has 0 spiro atoms. The molecule has 0 amide bonds. The molecule has 0 aliphatic rings. The van der Waals surface area contributed by atoms with Gasteiger partial charge in [0.1, 0.15) is 11.6 Å². The number of aromatic nitrogens is 2. The molecule has 1 aromatic rings. The Balaban J connectivity index is 3.00. The van der Waals surface area contributed by atoms with Gasteiger partial charge in [-0.15, -0.1) is 0 Å². The number of anilines is 1. The first-order chi connectivity index (χ1) is 7.02. The van der Waals surface area contributed by atoms with Gasteiger partial charge >= 0.3 is 0 Å². The van der Waals surface area contributed by atoms with E-state index >= 15 is 0 Å². The summed E-state index contributed by atoms with van der Waals surface area (Å²) in [5, 5.41) is 3.00. The van der Waals surface area contributed by atoms with Crippen LogP contribution in [0.25, 0.3) is 0 Å². The Morgan fingerprint density at radius 3 is 2.33 bits per heavy atom. The SMILES string of the molecule is CNc1cc(OC(C)C)nc(C(C)C)n1. The number of nitrogens with one attached hydrogen (secondary N) is 1. The van der Waals surface area contributed by atoms with Crippen LogP contribution >= 0.6 is 0 Å². The minimum Gasteiger partial charge on any atom is -0.475 e. The summed E-state index contributed by atoms with van der Waals surface area (Å²) < 4.78 is 5.56. The summed E-state index contributed by atoms with van der Waals surface area (Å²) in [4.78, 5) is 8.70. The highest BCUT2D eigenvalue weighted by molar-refractivity contribution is 5.38. The van der Waals surface area contributed by atoms with E-state index in [1.54, 1.807) is 0 Å². The molecular weight excluding hydrogens is 190 g/mol. The van der Waals surface area contributed by atoms with Gasteiger partial charge in [-0.05, 0) is 13.8 Å². The highest BCUT2D eigenvalue weighted by Gasteiger charge is 2.08. The summed E-state index contributed by atoms with van der Waals surface area (Å²) in [6.45, 7) is 8.09. The van der Waals surface area contributed by atoms with E-state index in [2.05, 4.69) is 29.1 Å². The topological polar surface area (TPSA) is 47.0 Å². The van der Waals surface area contributed by atoms with E-state index in [1.807, 2.05) is 27.0 Å². The van der Waals surface area contributed by atoms with Gasteiger partial charge in [-0.3, -0.25) is 0 Å². The van der Waals surface area contributed by atoms with Crippen molar-refractivity contribution in [2.75, 3.05) is 12.4 Å². The number of ether oxygens (including phenoxy) is 1. The minimum absolute atomic E-state index is 0.129. The standard InChI is InChI=1S/C11H19N3O/c1-7(2)11-13-9(12-5)6-10(14-11)15-8(3)4/h6-8H,1-5H3,(H,12,13,14). The van der Waals surface area contributed by atoms with Crippen molar-refractivity contribution in [1.29, 1.82) is 0 Å². The average Bonchev–Trinajstić information content (AvgIpc) is 2.16. The molecule has 15 heavy (non-hydrogen) atoms. The molecule has 0 unspecified atom stereocenters. The highest BCUT2D eigenvalue weighted by atomic mass is 16.5. The van der Waals surface area contributed by atoms with Crippen molar-refractivity contribution in [2.45, 2.75) is 39.7 Å². The summed E-state index contributed by atoms with van der Waals surface area (Å²) in [5.41, 5.74) is 0. The first-order valence-electron chi connectivity index (χ1n) is 5.26. The normalized spacial score (nSPS) is 10.9. The van der Waals surface area contributed by atoms with E-state index < -0.39 is 0 Å². The molecule has 0 saturated carbocycles. The smallest absolute Gasteiger partial charge is 0.218 e. The molecule has 0 saturated heterocycles. The Morgan fingerprint density at radius 1 is 1.20 bits per heavy atom. The van der Waals surface area contributed by atoms with E-state index in [0.29, 0.717) is 11.8 Å². The Bertz CT molecular complexity index is 324. The van der Waals surface area contributed by atoms with Crippen LogP contribution < -0.4 is 10.1 Å². The lowest BCUT2D eigenvalue weighted by Crippen LogP contribution is -2.10. The van der Waals surface area contributed by atoms with Crippen LogP contribution in [-0.2, 0) is 0 Å². The van der Waals surface area contributed by atoms with Crippen LogP contribution in [0.15, 0.2) is 6.07 Å². The monoisotopic (exact) mass is 209 g/mol. The summed E-state index contributed by atoms with van der Waals surface area (Å²) in [6, 6.07) is 1.81. The molecule has 1 rings (SSSR count). The molecule has 1 aromatic heterocycles. The Kier molecular flexibility index (Phi) is 3.88. The molecule has 0 atom stereocenters. The van der Waals surface area contributed by atoms with Crippen LogP contribution in [0.1, 0.15) is 39.4 Å². The summed E-state index contributed by atoms with van der Waals surface area (Å²) in [5.74, 6) is 2.53. The molecule has 0 aliphatic carbocycles. The van der Waals surface area contributed by atoms with Crippen molar-refractivity contribution in [2.24, 2.45) is 0 Å². The Labute approximate surface area is 91.1 Å². The zero-order valence-corrected chi connectivity index (χ0v) is 10.0. The zero-order valence-electron chi connectivity index (χ0n) is 10.0. The summed E-state index contributed by atoms with van der Waals surface area (Å²) >= 11 is 0. The molecule has 0 radical (unpaired) electrons. The molecular formula is C11H19N3O. The first-order valence-corrected chi connectivity index (χ1v) is 5.26. The predicted molar refractivity (Wildman–Crippen MR) is 61.4 cm³/mol. The van der Waals surface area contributed by atoms with E-state index in [-0.39, 0.29) is 6.10 Å². The summed E-state index contributed by atoms with van der Waals surface area (Å²) in [7, 11) is 1.84. The van der Waals surface area contributed by atoms with Gasteiger partial charge in [0.25, 0.3) is 0 Å². The van der Waals surface area contributed by atoms with Crippen LogP contribution in [0.4, 0.5) is 5.82 Å². The lowest BCUT2D eigenvalue weighted by Gasteiger charge is -2.12. The van der Waals surface area contributed by atoms with Gasteiger partial charge in [-0.25, -0.2) is 4.98 Å². The van der Waals surface area contributed by atoms with Gasteiger partial charge in [-0.1, -0.05) is 13.8 Å². The van der Waals surface area contributed by atoms with Crippen molar-refractivity contribution in [3.05, 3.63) is 11.9 Å². The molecule has 4 heteroatoms. The molecule has 84 valence electrons. The van der Waals surface area contributed by atoms with E-state index in [9.17, 15) is 0 Å². The lowest BCUT2D eigenvalue weighted by molar-refractivity contribution is 0.231. The van der Waals surface area contributed by atoms with E-state index in [0.717, 1.165) is 11.6 Å². The van der Waals surface area contributed by atoms with Crippen LogP contribution in [0.2, 0.25) is 0 Å². The van der Waals surface area contributed by atoms with Crippen LogP contribution in [-0.4, -0.2) is 23.1 Å². The zero-order chi connectivity index (χ0) is 11.4. The van der Waals surface area contributed by atoms with Crippen molar-refractivity contribution >= 4 is 5.82 Å². The van der Waals surface area contributed by atoms with Crippen LogP contribution in [0.3, 0.4) is 0 Å². The highest BCUT2D eigenvalue weighted by Crippen LogP contribution is 2.18. The van der Waals surface area contributed by atoms with E-state index in [4.69, 9.17) is 4.74 Å². The maximum atomic E-state index is 5.56. The van der Waals surface area contributed by atoms with E-state index in [1.165, 1.54) is 0 Å². The molecule has 1 N–H and O–H groups in total. The second-order valence-corrected chi connectivity index (χ2v) is 4.02. The Morgan fingerprint density at radius 2 is 1.87 bits per heavy atom. The average molecular weight is 209 g/mol. The lowest BCUT2D eigenvalue weighted by atomic mass is 10.2. The largest absolute Gasteiger partial charge is 0.475 e. The third-order valence-corrected chi connectivity index (χ3v) is 1.85. The number of hydrogen-bond donors (Lipinski definition) is 1. The van der Waals surface area contributed by atoms with Crippen molar-refractivity contribution in [3.63, 3.8) is 0 Å². The minimum atomic E-state index is 0.129. The van der Waals surface area contributed by atoms with Gasteiger partial charge in [0.15, 0.2) is 0 Å². The fraction of sp³-hybridized carbons (Fsp3) is 0.636. The molecule has 0 aliphatic heterocycles. The second-order valence-electron chi connectivity index (χ2n) is 4.02. The third-order valence-electron chi connectivity index (χ3n) is 1.85. The van der Waals surface area contributed by atoms with Gasteiger partial charge in [0.2, 0.25) is 5.88 Å². The molecule has 0 fully saturated rings. The van der Waals surface area contributed by atoms with Gasteiger partial charge < -0.3 is 10.1 Å². The van der Waals surface area contributed by atoms with Crippen LogP contribution in [0, 0.1) is 0 Å². The van der Waals surface area contributed by atoms with Crippen molar-refractivity contribution < 1.29 is 4.74 Å². The Hall–Kier alpha value is -1.32. The molecule has 1 heterocycles. The van der Waals surface area contributed by atoms with Gasteiger partial charge in [0.05, 0.1) is 6.10 Å². The van der Waals surface area contributed by atoms with Gasteiger partial charge in [-0.2, -0.15) is 4.98 Å². The maximum Gasteiger partial charge on any atom is 0.218 e. The number of hydrogen-bond acceptors (Lipinski definition) is 4. The second kappa shape index (κ2) is 4.96. The fourth-order valence-electron chi connectivity index (χ4n) is 1.13. The number of rotatable bonds is 4. The quantitative estimate of drug-likeness (QED) is 0.827.